The van der Waals surface area contributed by atoms with E-state index in [0.29, 0.717) is 0 Å². The van der Waals surface area contributed by atoms with Crippen LogP contribution < -0.4 is 15.9 Å². The molecule has 1 rings (SSSR count). The highest BCUT2D eigenvalue weighted by molar-refractivity contribution is 7.07. The number of aromatic nitrogens is 1. The first-order chi connectivity index (χ1) is 6.68. The molecule has 0 aromatic carbocycles. The van der Waals surface area contributed by atoms with Gasteiger partial charge in [-0.1, -0.05) is 11.3 Å². The van der Waals surface area contributed by atoms with Crippen LogP contribution in [0, 0.1) is 0 Å². The molecule has 4 N–H and O–H groups in total. The van der Waals surface area contributed by atoms with Crippen LogP contribution in [0.3, 0.4) is 0 Å². The normalized spacial score (nSPS) is 13.0. The van der Waals surface area contributed by atoms with Crippen LogP contribution in [-0.2, 0) is 6.54 Å². The Kier molecular flexibility index (Phi) is 4.86. The van der Waals surface area contributed by atoms with Crippen LogP contribution in [-0.4, -0.2) is 17.6 Å². The zero-order valence-corrected chi connectivity index (χ0v) is 9.19. The largest absolute Gasteiger partial charge is 0.328 e. The molecule has 1 atom stereocenters. The fourth-order valence-electron chi connectivity index (χ4n) is 1.17. The third kappa shape index (κ3) is 4.55. The highest BCUT2D eigenvalue weighted by Gasteiger charge is 1.96. The summed E-state index contributed by atoms with van der Waals surface area (Å²) in [4.78, 5) is 13.6. The summed E-state index contributed by atoms with van der Waals surface area (Å²) in [5, 5.41) is 5.10. The fraction of sp³-hybridized carbons (Fsp3) is 0.667. The molecule has 0 saturated heterocycles. The van der Waals surface area contributed by atoms with Gasteiger partial charge in [0, 0.05) is 23.7 Å². The Morgan fingerprint density at radius 3 is 3.07 bits per heavy atom. The topological polar surface area (TPSA) is 70.9 Å². The number of hydrogen-bond donors (Lipinski definition) is 3. The maximum Gasteiger partial charge on any atom is 0.304 e. The van der Waals surface area contributed by atoms with Crippen molar-refractivity contribution in [2.75, 3.05) is 6.54 Å². The molecule has 0 aliphatic carbocycles. The minimum atomic E-state index is 0.0115. The summed E-state index contributed by atoms with van der Waals surface area (Å²) in [5.41, 5.74) is 6.57. The third-order valence-corrected chi connectivity index (χ3v) is 2.62. The first kappa shape index (κ1) is 11.4. The molecule has 1 aromatic rings. The molecule has 0 bridgehead atoms. The van der Waals surface area contributed by atoms with Crippen LogP contribution >= 0.6 is 11.3 Å². The Labute approximate surface area is 87.5 Å². The van der Waals surface area contributed by atoms with Crippen molar-refractivity contribution in [1.29, 1.82) is 0 Å². The Morgan fingerprint density at radius 1 is 1.71 bits per heavy atom. The quantitative estimate of drug-likeness (QED) is 0.610. The zero-order valence-electron chi connectivity index (χ0n) is 8.38. The van der Waals surface area contributed by atoms with Crippen molar-refractivity contribution in [2.24, 2.45) is 5.73 Å². The van der Waals surface area contributed by atoms with Crippen molar-refractivity contribution < 1.29 is 0 Å². The molecule has 0 saturated carbocycles. The van der Waals surface area contributed by atoms with Gasteiger partial charge < -0.3 is 16.0 Å². The summed E-state index contributed by atoms with van der Waals surface area (Å²) in [6.07, 6.45) is 2.11. The van der Waals surface area contributed by atoms with Gasteiger partial charge in [0.05, 0.1) is 0 Å². The second-order valence-electron chi connectivity index (χ2n) is 3.47. The van der Waals surface area contributed by atoms with Gasteiger partial charge in [-0.15, -0.1) is 0 Å². The lowest BCUT2D eigenvalue weighted by atomic mass is 10.2. The van der Waals surface area contributed by atoms with Gasteiger partial charge in [-0.2, -0.15) is 0 Å². The van der Waals surface area contributed by atoms with Crippen molar-refractivity contribution >= 4 is 11.3 Å². The lowest BCUT2D eigenvalue weighted by Gasteiger charge is -2.05. The van der Waals surface area contributed by atoms with Gasteiger partial charge in [0.2, 0.25) is 0 Å². The number of nitrogens with two attached hydrogens (primary N) is 1. The minimum Gasteiger partial charge on any atom is -0.328 e. The Balaban J connectivity index is 2.07. The Bertz CT molecular complexity index is 305. The van der Waals surface area contributed by atoms with E-state index >= 15 is 0 Å². The number of H-pyrrole nitrogens is 1. The predicted octanol–water partition coefficient (Wildman–Crippen LogP) is 0.653. The third-order valence-electron chi connectivity index (χ3n) is 1.90. The maximum atomic E-state index is 10.8. The molecule has 14 heavy (non-hydrogen) atoms. The molecule has 1 aromatic heterocycles. The second-order valence-corrected chi connectivity index (χ2v) is 4.31. The average molecular weight is 215 g/mol. The van der Waals surface area contributed by atoms with E-state index in [9.17, 15) is 4.79 Å². The summed E-state index contributed by atoms with van der Waals surface area (Å²) >= 11 is 1.20. The van der Waals surface area contributed by atoms with Crippen LogP contribution in [0.4, 0.5) is 0 Å². The Hall–Kier alpha value is -0.650. The highest BCUT2D eigenvalue weighted by atomic mass is 32.1. The smallest absolute Gasteiger partial charge is 0.304 e. The first-order valence-electron chi connectivity index (χ1n) is 4.81. The lowest BCUT2D eigenvalue weighted by molar-refractivity contribution is 0.572. The summed E-state index contributed by atoms with van der Waals surface area (Å²) in [6.45, 7) is 3.69. The molecule has 0 spiro atoms. The lowest BCUT2D eigenvalue weighted by Crippen LogP contribution is -2.20. The highest BCUT2D eigenvalue weighted by Crippen LogP contribution is 1.95. The van der Waals surface area contributed by atoms with Gasteiger partial charge in [-0.05, 0) is 26.3 Å². The monoisotopic (exact) mass is 215 g/mol. The summed E-state index contributed by atoms with van der Waals surface area (Å²) in [7, 11) is 0. The van der Waals surface area contributed by atoms with E-state index in [0.717, 1.165) is 31.6 Å². The molecule has 0 radical (unpaired) electrons. The van der Waals surface area contributed by atoms with Gasteiger partial charge in [-0.25, -0.2) is 0 Å². The van der Waals surface area contributed by atoms with Crippen LogP contribution in [0.2, 0.25) is 0 Å². The van der Waals surface area contributed by atoms with E-state index in [1.165, 1.54) is 11.3 Å². The first-order valence-corrected chi connectivity index (χ1v) is 5.69. The Morgan fingerprint density at radius 2 is 2.50 bits per heavy atom. The van der Waals surface area contributed by atoms with Crippen molar-refractivity contribution in [3.63, 3.8) is 0 Å². The van der Waals surface area contributed by atoms with Gasteiger partial charge in [0.25, 0.3) is 0 Å². The van der Waals surface area contributed by atoms with E-state index in [-0.39, 0.29) is 10.9 Å². The van der Waals surface area contributed by atoms with E-state index < -0.39 is 0 Å². The zero-order chi connectivity index (χ0) is 10.4. The molecule has 0 aliphatic rings. The van der Waals surface area contributed by atoms with Gasteiger partial charge in [0.1, 0.15) is 0 Å². The molecule has 0 aliphatic heterocycles. The molecule has 1 unspecified atom stereocenters. The molecule has 1 heterocycles. The summed E-state index contributed by atoms with van der Waals surface area (Å²) in [6, 6.07) is 0.276. The number of aromatic amines is 1. The number of rotatable bonds is 6. The van der Waals surface area contributed by atoms with E-state index in [1.807, 2.05) is 12.3 Å². The van der Waals surface area contributed by atoms with E-state index in [1.54, 1.807) is 0 Å². The number of thiazole rings is 1. The fourth-order valence-corrected chi connectivity index (χ4v) is 1.75. The van der Waals surface area contributed by atoms with Crippen molar-refractivity contribution in [1.82, 2.24) is 10.3 Å². The van der Waals surface area contributed by atoms with Crippen LogP contribution in [0.1, 0.15) is 25.5 Å². The van der Waals surface area contributed by atoms with Crippen molar-refractivity contribution in [2.45, 2.75) is 32.4 Å². The van der Waals surface area contributed by atoms with Crippen LogP contribution in [0.15, 0.2) is 10.2 Å². The number of hydrogen-bond acceptors (Lipinski definition) is 4. The molecule has 4 nitrogen and oxygen atoms in total. The second kappa shape index (κ2) is 5.95. The summed E-state index contributed by atoms with van der Waals surface area (Å²) in [5.74, 6) is 0. The van der Waals surface area contributed by atoms with E-state index in [4.69, 9.17) is 5.73 Å². The molecule has 5 heteroatoms. The van der Waals surface area contributed by atoms with Crippen molar-refractivity contribution in [3.8, 4) is 0 Å². The van der Waals surface area contributed by atoms with Crippen LogP contribution in [0.5, 0.6) is 0 Å². The molecular weight excluding hydrogens is 198 g/mol. The molecule has 0 amide bonds. The number of nitrogens with one attached hydrogen (secondary N) is 2. The molecule has 80 valence electrons. The van der Waals surface area contributed by atoms with E-state index in [2.05, 4.69) is 10.3 Å². The summed E-state index contributed by atoms with van der Waals surface area (Å²) < 4.78 is 0. The SMILES string of the molecule is CC(N)CCCNCc1csc(=O)[nH]1. The molecule has 0 fully saturated rings. The molecular formula is C9H17N3OS. The van der Waals surface area contributed by atoms with Crippen LogP contribution in [0.25, 0.3) is 0 Å². The van der Waals surface area contributed by atoms with Gasteiger partial charge >= 0.3 is 4.87 Å². The average Bonchev–Trinajstić information content (AvgIpc) is 2.50. The maximum absolute atomic E-state index is 10.8. The standard InChI is InChI=1S/C9H17N3OS/c1-7(10)3-2-4-11-5-8-6-14-9(13)12-8/h6-7,11H,2-5,10H2,1H3,(H,12,13). The van der Waals surface area contributed by atoms with Gasteiger partial charge in [-0.3, -0.25) is 4.79 Å². The van der Waals surface area contributed by atoms with Gasteiger partial charge in [0.15, 0.2) is 0 Å². The predicted molar refractivity (Wildman–Crippen MR) is 59.5 cm³/mol. The minimum absolute atomic E-state index is 0.0115. The van der Waals surface area contributed by atoms with Crippen molar-refractivity contribution in [3.05, 3.63) is 20.7 Å².